The second kappa shape index (κ2) is 3.59. The standard InChI is InChI=1S/C4H5NO4/c5-3(4(7)8)9-2-1-6/h1,5H,2H2,(H,7,8). The van der Waals surface area contributed by atoms with Crippen molar-refractivity contribution < 1.29 is 19.4 Å². The Morgan fingerprint density at radius 3 is 2.67 bits per heavy atom. The summed E-state index contributed by atoms with van der Waals surface area (Å²) in [6.45, 7) is -0.384. The predicted molar refractivity (Wildman–Crippen MR) is 27.4 cm³/mol. The van der Waals surface area contributed by atoms with Gasteiger partial charge in [0.05, 0.1) is 0 Å². The maximum atomic E-state index is 9.74. The van der Waals surface area contributed by atoms with Crippen molar-refractivity contribution in [2.75, 3.05) is 6.61 Å². The van der Waals surface area contributed by atoms with Crippen molar-refractivity contribution in [1.29, 1.82) is 5.41 Å². The van der Waals surface area contributed by atoms with Crippen LogP contribution in [0.5, 0.6) is 0 Å². The topological polar surface area (TPSA) is 87.5 Å². The first kappa shape index (κ1) is 7.61. The van der Waals surface area contributed by atoms with Gasteiger partial charge in [0, 0.05) is 0 Å². The van der Waals surface area contributed by atoms with Gasteiger partial charge in [0.15, 0.2) is 6.29 Å². The Morgan fingerprint density at radius 2 is 2.33 bits per heavy atom. The summed E-state index contributed by atoms with van der Waals surface area (Å²) >= 11 is 0. The fraction of sp³-hybridized carbons (Fsp3) is 0.250. The van der Waals surface area contributed by atoms with E-state index in [1.54, 1.807) is 0 Å². The molecule has 0 heterocycles. The van der Waals surface area contributed by atoms with Crippen LogP contribution >= 0.6 is 0 Å². The lowest BCUT2D eigenvalue weighted by molar-refractivity contribution is -0.131. The Labute approximate surface area is 50.8 Å². The minimum absolute atomic E-state index is 0.373. The molecule has 0 saturated carbocycles. The molecule has 0 aromatic heterocycles. The number of nitrogens with one attached hydrogen (secondary N) is 1. The summed E-state index contributed by atoms with van der Waals surface area (Å²) in [6, 6.07) is 0. The highest BCUT2D eigenvalue weighted by atomic mass is 16.5. The number of ether oxygens (including phenoxy) is 1. The summed E-state index contributed by atoms with van der Waals surface area (Å²) in [5, 5.41) is 14.4. The van der Waals surface area contributed by atoms with Gasteiger partial charge >= 0.3 is 5.97 Å². The minimum atomic E-state index is -1.48. The van der Waals surface area contributed by atoms with Gasteiger partial charge in [-0.1, -0.05) is 0 Å². The van der Waals surface area contributed by atoms with E-state index in [1.165, 1.54) is 0 Å². The molecule has 0 fully saturated rings. The average molecular weight is 131 g/mol. The molecule has 5 nitrogen and oxygen atoms in total. The van der Waals surface area contributed by atoms with Crippen LogP contribution in [-0.2, 0) is 14.3 Å². The van der Waals surface area contributed by atoms with Crippen LogP contribution in [-0.4, -0.2) is 29.9 Å². The number of hydrogen-bond acceptors (Lipinski definition) is 4. The Bertz CT molecular complexity index is 142. The molecule has 0 atom stereocenters. The fourth-order valence-corrected chi connectivity index (χ4v) is 0.179. The highest BCUT2D eigenvalue weighted by Gasteiger charge is 2.05. The van der Waals surface area contributed by atoms with Crippen molar-refractivity contribution in [2.24, 2.45) is 0 Å². The van der Waals surface area contributed by atoms with Gasteiger partial charge in [-0.2, -0.15) is 0 Å². The van der Waals surface area contributed by atoms with Gasteiger partial charge in [-0.15, -0.1) is 0 Å². The first-order valence-electron chi connectivity index (χ1n) is 2.06. The van der Waals surface area contributed by atoms with Crippen LogP contribution in [0.2, 0.25) is 0 Å². The average Bonchev–Trinajstić information content (AvgIpc) is 1.82. The summed E-state index contributed by atoms with van der Waals surface area (Å²) in [7, 11) is 0. The molecule has 5 heteroatoms. The van der Waals surface area contributed by atoms with E-state index in [0.29, 0.717) is 6.29 Å². The quantitative estimate of drug-likeness (QED) is 0.293. The third kappa shape index (κ3) is 3.22. The zero-order valence-corrected chi connectivity index (χ0v) is 4.46. The summed E-state index contributed by atoms with van der Waals surface area (Å²) in [5.41, 5.74) is 0. The van der Waals surface area contributed by atoms with Crippen LogP contribution in [0, 0.1) is 5.41 Å². The third-order valence-corrected chi connectivity index (χ3v) is 0.490. The lowest BCUT2D eigenvalue weighted by Crippen LogP contribution is -2.16. The smallest absolute Gasteiger partial charge is 0.391 e. The van der Waals surface area contributed by atoms with Crippen LogP contribution < -0.4 is 0 Å². The molecule has 9 heavy (non-hydrogen) atoms. The van der Waals surface area contributed by atoms with Crippen LogP contribution in [0.25, 0.3) is 0 Å². The van der Waals surface area contributed by atoms with Crippen LogP contribution in [0.4, 0.5) is 0 Å². The van der Waals surface area contributed by atoms with Gasteiger partial charge in [-0.3, -0.25) is 10.2 Å². The Balaban J connectivity index is 3.51. The van der Waals surface area contributed by atoms with E-state index in [0.717, 1.165) is 0 Å². The number of carbonyl (C=O) groups excluding carboxylic acids is 1. The van der Waals surface area contributed by atoms with Gasteiger partial charge in [0.2, 0.25) is 0 Å². The van der Waals surface area contributed by atoms with Gasteiger partial charge in [0.25, 0.3) is 5.90 Å². The summed E-state index contributed by atoms with van der Waals surface area (Å²) in [5.74, 6) is -2.39. The van der Waals surface area contributed by atoms with Crippen molar-refractivity contribution in [1.82, 2.24) is 0 Å². The SMILES string of the molecule is N=C(OCC=O)C(=O)O. The van der Waals surface area contributed by atoms with E-state index < -0.39 is 11.9 Å². The predicted octanol–water partition coefficient (Wildman–Crippen LogP) is -0.736. The molecule has 0 aliphatic carbocycles. The molecule has 50 valence electrons. The molecule has 0 amide bonds. The normalized spacial score (nSPS) is 8.00. The Kier molecular flexibility index (Phi) is 3.04. The maximum Gasteiger partial charge on any atom is 0.391 e. The van der Waals surface area contributed by atoms with Crippen LogP contribution in [0.1, 0.15) is 0 Å². The molecule has 0 bridgehead atoms. The second-order valence-electron chi connectivity index (χ2n) is 1.11. The number of rotatable bonds is 2. The molecule has 0 spiro atoms. The number of aldehydes is 1. The summed E-state index contributed by atoms with van der Waals surface area (Å²) in [4.78, 5) is 19.3. The molecular formula is C4H5NO4. The first-order chi connectivity index (χ1) is 4.18. The molecule has 0 aromatic carbocycles. The Morgan fingerprint density at radius 1 is 1.78 bits per heavy atom. The zero-order valence-electron chi connectivity index (χ0n) is 4.46. The number of carboxylic acids is 1. The van der Waals surface area contributed by atoms with E-state index in [-0.39, 0.29) is 6.61 Å². The van der Waals surface area contributed by atoms with Gasteiger partial charge in [-0.25, -0.2) is 4.79 Å². The molecule has 0 saturated heterocycles. The molecule has 2 N–H and O–H groups in total. The van der Waals surface area contributed by atoms with Crippen molar-refractivity contribution in [3.63, 3.8) is 0 Å². The molecule has 0 aliphatic rings. The highest BCUT2D eigenvalue weighted by Crippen LogP contribution is 1.74. The third-order valence-electron chi connectivity index (χ3n) is 0.490. The van der Waals surface area contributed by atoms with Crippen LogP contribution in [0.15, 0.2) is 0 Å². The van der Waals surface area contributed by atoms with E-state index in [2.05, 4.69) is 4.74 Å². The Hall–Kier alpha value is -1.39. The van der Waals surface area contributed by atoms with E-state index in [4.69, 9.17) is 10.5 Å². The first-order valence-corrected chi connectivity index (χ1v) is 2.06. The van der Waals surface area contributed by atoms with E-state index in [1.807, 2.05) is 0 Å². The van der Waals surface area contributed by atoms with Crippen molar-refractivity contribution >= 4 is 18.2 Å². The molecule has 0 aromatic rings. The lowest BCUT2D eigenvalue weighted by atomic mass is 10.7. The van der Waals surface area contributed by atoms with Crippen molar-refractivity contribution in [3.8, 4) is 0 Å². The maximum absolute atomic E-state index is 9.74. The van der Waals surface area contributed by atoms with Gasteiger partial charge < -0.3 is 9.84 Å². The van der Waals surface area contributed by atoms with Crippen LogP contribution in [0.3, 0.4) is 0 Å². The summed E-state index contributed by atoms with van der Waals surface area (Å²) < 4.78 is 4.07. The molecular weight excluding hydrogens is 126 g/mol. The summed E-state index contributed by atoms with van der Waals surface area (Å²) in [6.07, 6.45) is 0.373. The number of hydrogen-bond donors (Lipinski definition) is 2. The van der Waals surface area contributed by atoms with E-state index >= 15 is 0 Å². The number of carboxylic acid groups (broad SMARTS) is 1. The molecule has 0 rings (SSSR count). The van der Waals surface area contributed by atoms with Gasteiger partial charge in [-0.05, 0) is 0 Å². The highest BCUT2D eigenvalue weighted by molar-refractivity contribution is 6.30. The minimum Gasteiger partial charge on any atom is -0.474 e. The zero-order chi connectivity index (χ0) is 7.28. The fourth-order valence-electron chi connectivity index (χ4n) is 0.179. The molecule has 0 aliphatic heterocycles. The number of carbonyl (C=O) groups is 2. The monoisotopic (exact) mass is 131 g/mol. The van der Waals surface area contributed by atoms with E-state index in [9.17, 15) is 9.59 Å². The molecule has 0 radical (unpaired) electrons. The number of aliphatic carboxylic acids is 1. The largest absolute Gasteiger partial charge is 0.474 e. The van der Waals surface area contributed by atoms with Gasteiger partial charge in [0.1, 0.15) is 6.61 Å². The lowest BCUT2D eigenvalue weighted by Gasteiger charge is -1.94. The second-order valence-corrected chi connectivity index (χ2v) is 1.11. The van der Waals surface area contributed by atoms with Crippen molar-refractivity contribution in [2.45, 2.75) is 0 Å². The molecule has 0 unspecified atom stereocenters. The van der Waals surface area contributed by atoms with Crippen molar-refractivity contribution in [3.05, 3.63) is 0 Å².